The molecular formula is C16H27N7O10. The standard InChI is InChI=1S/C16H27N7O10/c17-1-10(26)22-8(6-24)15(32)20-2-11(27)18-4-13(29)23-9(7-25)16(33)21-3-12(28)19-5-14(30)31/h8-9,24-25H,1-7,17H2,(H,18,27)(H,19,28)(H,20,32)(H,21,33)(H,22,26)(H,23,29)(H,30,31). The number of rotatable bonds is 15. The fraction of sp³-hybridized carbons (Fsp3) is 0.562. The topological polar surface area (TPSA) is 278 Å². The van der Waals surface area contributed by atoms with Crippen molar-refractivity contribution < 1.29 is 48.9 Å². The van der Waals surface area contributed by atoms with Crippen molar-refractivity contribution in [3.8, 4) is 0 Å². The van der Waals surface area contributed by atoms with Crippen molar-refractivity contribution in [3.05, 3.63) is 0 Å². The SMILES string of the molecule is NCC(=O)NC(CO)C(=O)NCC(=O)NCC(=O)NC(CO)C(=O)NCC(=O)NCC(=O)O. The van der Waals surface area contributed by atoms with Crippen molar-refractivity contribution in [1.29, 1.82) is 0 Å². The van der Waals surface area contributed by atoms with Crippen molar-refractivity contribution in [2.24, 2.45) is 5.73 Å². The maximum absolute atomic E-state index is 11.9. The van der Waals surface area contributed by atoms with E-state index < -0.39 is 99.4 Å². The zero-order chi connectivity index (χ0) is 25.4. The molecule has 2 unspecified atom stereocenters. The molecule has 0 heterocycles. The molecule has 0 spiro atoms. The van der Waals surface area contributed by atoms with Crippen LogP contribution >= 0.6 is 0 Å². The van der Waals surface area contributed by atoms with Crippen molar-refractivity contribution >= 4 is 41.4 Å². The Morgan fingerprint density at radius 2 is 1.00 bits per heavy atom. The van der Waals surface area contributed by atoms with Gasteiger partial charge in [0, 0.05) is 0 Å². The minimum absolute atomic E-state index is 0.413. The van der Waals surface area contributed by atoms with Gasteiger partial charge in [-0.3, -0.25) is 33.6 Å². The highest BCUT2D eigenvalue weighted by Crippen LogP contribution is 1.85. The Hall–Kier alpha value is -3.83. The Kier molecular flexibility index (Phi) is 14.1. The highest BCUT2D eigenvalue weighted by Gasteiger charge is 2.22. The van der Waals surface area contributed by atoms with Gasteiger partial charge in [-0.25, -0.2) is 0 Å². The maximum atomic E-state index is 11.9. The molecule has 0 aliphatic carbocycles. The number of aliphatic hydroxyl groups is 2. The Balaban J connectivity index is 4.36. The third kappa shape index (κ3) is 13.2. The molecule has 0 rings (SSSR count). The van der Waals surface area contributed by atoms with Crippen LogP contribution in [-0.2, 0) is 33.6 Å². The molecule has 0 bridgehead atoms. The van der Waals surface area contributed by atoms with E-state index in [0.29, 0.717) is 0 Å². The molecule has 0 aromatic heterocycles. The van der Waals surface area contributed by atoms with Gasteiger partial charge in [0.25, 0.3) is 0 Å². The predicted molar refractivity (Wildman–Crippen MR) is 107 cm³/mol. The van der Waals surface area contributed by atoms with Crippen LogP contribution in [0.25, 0.3) is 0 Å². The van der Waals surface area contributed by atoms with Gasteiger partial charge >= 0.3 is 5.97 Å². The molecule has 0 aromatic carbocycles. The number of nitrogens with one attached hydrogen (secondary N) is 6. The summed E-state index contributed by atoms with van der Waals surface area (Å²) in [6.07, 6.45) is 0. The van der Waals surface area contributed by atoms with E-state index in [1.165, 1.54) is 0 Å². The van der Waals surface area contributed by atoms with Gasteiger partial charge < -0.3 is 53.0 Å². The number of aliphatic carboxylic acids is 1. The van der Waals surface area contributed by atoms with Gasteiger partial charge in [0.15, 0.2) is 0 Å². The minimum atomic E-state index is -1.46. The van der Waals surface area contributed by atoms with Crippen LogP contribution in [0.2, 0.25) is 0 Å². The van der Waals surface area contributed by atoms with Crippen molar-refractivity contribution in [3.63, 3.8) is 0 Å². The number of hydrogen-bond acceptors (Lipinski definition) is 10. The summed E-state index contributed by atoms with van der Waals surface area (Å²) in [5.41, 5.74) is 5.08. The first-order chi connectivity index (χ1) is 15.5. The van der Waals surface area contributed by atoms with E-state index in [2.05, 4.69) is 26.6 Å². The lowest BCUT2D eigenvalue weighted by atomic mass is 10.2. The number of aliphatic hydroxyl groups excluding tert-OH is 2. The number of carboxylic acid groups (broad SMARTS) is 1. The van der Waals surface area contributed by atoms with Gasteiger partial charge in [-0.2, -0.15) is 0 Å². The summed E-state index contributed by atoms with van der Waals surface area (Å²) >= 11 is 0. The van der Waals surface area contributed by atoms with E-state index in [9.17, 15) is 38.7 Å². The first-order valence-corrected chi connectivity index (χ1v) is 9.35. The molecule has 0 fully saturated rings. The van der Waals surface area contributed by atoms with Gasteiger partial charge in [-0.05, 0) is 0 Å². The third-order valence-electron chi connectivity index (χ3n) is 3.58. The van der Waals surface area contributed by atoms with Crippen LogP contribution < -0.4 is 37.6 Å². The molecule has 0 aliphatic rings. The first kappa shape index (κ1) is 29.2. The summed E-state index contributed by atoms with van der Waals surface area (Å²) in [4.78, 5) is 80.1. The normalized spacial score (nSPS) is 11.8. The molecule has 11 N–H and O–H groups in total. The second-order valence-corrected chi connectivity index (χ2v) is 6.19. The molecule has 0 saturated heterocycles. The largest absolute Gasteiger partial charge is 0.480 e. The van der Waals surface area contributed by atoms with Crippen LogP contribution in [0.3, 0.4) is 0 Å². The Morgan fingerprint density at radius 1 is 0.606 bits per heavy atom. The molecule has 2 atom stereocenters. The summed E-state index contributed by atoms with van der Waals surface area (Å²) in [6, 6.07) is -2.79. The van der Waals surface area contributed by atoms with Gasteiger partial charge in [0.2, 0.25) is 35.4 Å². The van der Waals surface area contributed by atoms with Crippen LogP contribution in [0.5, 0.6) is 0 Å². The Morgan fingerprint density at radius 3 is 1.39 bits per heavy atom. The molecule has 17 nitrogen and oxygen atoms in total. The molecule has 0 aromatic rings. The van der Waals surface area contributed by atoms with Crippen LogP contribution in [0.15, 0.2) is 0 Å². The van der Waals surface area contributed by atoms with E-state index >= 15 is 0 Å². The van der Waals surface area contributed by atoms with Crippen LogP contribution in [0, 0.1) is 0 Å². The second kappa shape index (κ2) is 15.9. The average Bonchev–Trinajstić information content (AvgIpc) is 2.79. The number of carbonyl (C=O) groups excluding carboxylic acids is 6. The lowest BCUT2D eigenvalue weighted by molar-refractivity contribution is -0.138. The zero-order valence-corrected chi connectivity index (χ0v) is 17.4. The molecular weight excluding hydrogens is 450 g/mol. The molecule has 6 amide bonds. The highest BCUT2D eigenvalue weighted by atomic mass is 16.4. The molecule has 0 saturated carbocycles. The van der Waals surface area contributed by atoms with Crippen molar-refractivity contribution in [2.75, 3.05) is 45.9 Å². The summed E-state index contributed by atoms with van der Waals surface area (Å²) in [7, 11) is 0. The van der Waals surface area contributed by atoms with Crippen LogP contribution in [-0.4, -0.2) is 115 Å². The van der Waals surface area contributed by atoms with E-state index in [0.717, 1.165) is 0 Å². The van der Waals surface area contributed by atoms with Gasteiger partial charge in [0.1, 0.15) is 18.6 Å². The van der Waals surface area contributed by atoms with Gasteiger partial charge in [-0.15, -0.1) is 0 Å². The van der Waals surface area contributed by atoms with Gasteiger partial charge in [0.05, 0.1) is 39.4 Å². The quantitative estimate of drug-likeness (QED) is 0.106. The van der Waals surface area contributed by atoms with E-state index in [4.69, 9.17) is 15.9 Å². The molecule has 0 radical (unpaired) electrons. The molecule has 17 heteroatoms. The number of hydrogen-bond donors (Lipinski definition) is 10. The Bertz CT molecular complexity index is 745. The van der Waals surface area contributed by atoms with Gasteiger partial charge in [-0.1, -0.05) is 0 Å². The number of carboxylic acids is 1. The van der Waals surface area contributed by atoms with E-state index in [1.54, 1.807) is 0 Å². The minimum Gasteiger partial charge on any atom is -0.480 e. The second-order valence-electron chi connectivity index (χ2n) is 6.19. The predicted octanol–water partition coefficient (Wildman–Crippen LogP) is -7.55. The molecule has 186 valence electrons. The first-order valence-electron chi connectivity index (χ1n) is 9.35. The third-order valence-corrected chi connectivity index (χ3v) is 3.58. The van der Waals surface area contributed by atoms with E-state index in [1.807, 2.05) is 5.32 Å². The summed E-state index contributed by atoms with van der Waals surface area (Å²) in [5, 5.41) is 39.3. The summed E-state index contributed by atoms with van der Waals surface area (Å²) in [6.45, 7) is -4.48. The smallest absolute Gasteiger partial charge is 0.322 e. The summed E-state index contributed by atoms with van der Waals surface area (Å²) in [5.74, 6) is -6.32. The molecule has 0 aliphatic heterocycles. The summed E-state index contributed by atoms with van der Waals surface area (Å²) < 4.78 is 0. The number of nitrogens with two attached hydrogens (primary N) is 1. The van der Waals surface area contributed by atoms with E-state index in [-0.39, 0.29) is 0 Å². The zero-order valence-electron chi connectivity index (χ0n) is 17.4. The maximum Gasteiger partial charge on any atom is 0.322 e. The van der Waals surface area contributed by atoms with Crippen molar-refractivity contribution in [1.82, 2.24) is 31.9 Å². The average molecular weight is 477 g/mol. The van der Waals surface area contributed by atoms with Crippen LogP contribution in [0.1, 0.15) is 0 Å². The van der Waals surface area contributed by atoms with Crippen LogP contribution in [0.4, 0.5) is 0 Å². The molecule has 33 heavy (non-hydrogen) atoms. The lowest BCUT2D eigenvalue weighted by Crippen LogP contribution is -2.54. The lowest BCUT2D eigenvalue weighted by Gasteiger charge is -2.17. The fourth-order valence-electron chi connectivity index (χ4n) is 1.95. The monoisotopic (exact) mass is 477 g/mol. The number of carbonyl (C=O) groups is 7. The highest BCUT2D eigenvalue weighted by molar-refractivity contribution is 5.94. The van der Waals surface area contributed by atoms with Crippen molar-refractivity contribution in [2.45, 2.75) is 12.1 Å². The number of amides is 6. The Labute approximate surface area is 186 Å². The fourth-order valence-corrected chi connectivity index (χ4v) is 1.95.